The molecule has 2 aromatic rings. The van der Waals surface area contributed by atoms with Gasteiger partial charge in [-0.2, -0.15) is 0 Å². The fourth-order valence-corrected chi connectivity index (χ4v) is 2.12. The molecule has 0 radical (unpaired) electrons. The van der Waals surface area contributed by atoms with Gasteiger partial charge in [-0.3, -0.25) is 9.78 Å². The molecule has 0 N–H and O–H groups in total. The molecule has 2 rings (SSSR count). The predicted molar refractivity (Wildman–Crippen MR) is 71.7 cm³/mol. The zero-order chi connectivity index (χ0) is 13.3. The second kappa shape index (κ2) is 4.77. The van der Waals surface area contributed by atoms with Crippen LogP contribution in [-0.4, -0.2) is 18.1 Å². The van der Waals surface area contributed by atoms with Crippen molar-refractivity contribution < 1.29 is 9.53 Å². The summed E-state index contributed by atoms with van der Waals surface area (Å²) in [5, 5.41) is 1.04. The maximum atomic E-state index is 11.4. The standard InChI is InChI=1S/C15H17NO2/c1-9-5-6-13-12(8-14(17)18-4)7-10(2)16-15(13)11(9)3/h5-7H,8H2,1-4H3. The molecule has 1 aromatic heterocycles. The smallest absolute Gasteiger partial charge is 0.310 e. The van der Waals surface area contributed by atoms with E-state index in [4.69, 9.17) is 4.74 Å². The van der Waals surface area contributed by atoms with Crippen LogP contribution in [-0.2, 0) is 16.0 Å². The minimum absolute atomic E-state index is 0.222. The lowest BCUT2D eigenvalue weighted by Gasteiger charge is -2.10. The average Bonchev–Trinajstić information content (AvgIpc) is 2.34. The number of benzene rings is 1. The van der Waals surface area contributed by atoms with Crippen molar-refractivity contribution in [2.75, 3.05) is 7.11 Å². The van der Waals surface area contributed by atoms with Gasteiger partial charge in [-0.1, -0.05) is 12.1 Å². The van der Waals surface area contributed by atoms with E-state index in [0.29, 0.717) is 6.42 Å². The Morgan fingerprint density at radius 2 is 2.00 bits per heavy atom. The number of ether oxygens (including phenoxy) is 1. The summed E-state index contributed by atoms with van der Waals surface area (Å²) in [6.07, 6.45) is 0.291. The molecule has 18 heavy (non-hydrogen) atoms. The molecular formula is C15H17NO2. The van der Waals surface area contributed by atoms with Gasteiger partial charge < -0.3 is 4.74 Å². The zero-order valence-electron chi connectivity index (χ0n) is 11.2. The highest BCUT2D eigenvalue weighted by Gasteiger charge is 2.11. The van der Waals surface area contributed by atoms with E-state index in [2.05, 4.69) is 24.9 Å². The monoisotopic (exact) mass is 243 g/mol. The third-order valence-electron chi connectivity index (χ3n) is 3.28. The summed E-state index contributed by atoms with van der Waals surface area (Å²) in [6.45, 7) is 6.08. The summed E-state index contributed by atoms with van der Waals surface area (Å²) in [7, 11) is 1.41. The molecule has 3 nitrogen and oxygen atoms in total. The third-order valence-corrected chi connectivity index (χ3v) is 3.28. The number of fused-ring (bicyclic) bond motifs is 1. The largest absolute Gasteiger partial charge is 0.469 e. The molecule has 0 bridgehead atoms. The highest BCUT2D eigenvalue weighted by atomic mass is 16.5. The Hall–Kier alpha value is -1.90. The summed E-state index contributed by atoms with van der Waals surface area (Å²) in [5.41, 5.74) is 5.27. The Bertz CT molecular complexity index is 617. The number of hydrogen-bond acceptors (Lipinski definition) is 3. The van der Waals surface area contributed by atoms with E-state index < -0.39 is 0 Å². The van der Waals surface area contributed by atoms with Crippen LogP contribution in [0.3, 0.4) is 0 Å². The van der Waals surface area contributed by atoms with E-state index in [1.807, 2.05) is 19.1 Å². The summed E-state index contributed by atoms with van der Waals surface area (Å²) >= 11 is 0. The van der Waals surface area contributed by atoms with Gasteiger partial charge in [-0.25, -0.2) is 0 Å². The molecule has 0 fully saturated rings. The second-order valence-electron chi connectivity index (χ2n) is 4.58. The highest BCUT2D eigenvalue weighted by molar-refractivity contribution is 5.89. The number of carbonyl (C=O) groups excluding carboxylic acids is 1. The molecule has 0 saturated carbocycles. The molecule has 0 spiro atoms. The number of aryl methyl sites for hydroxylation is 3. The summed E-state index contributed by atoms with van der Waals surface area (Å²) in [4.78, 5) is 16.0. The van der Waals surface area contributed by atoms with E-state index in [1.54, 1.807) is 0 Å². The van der Waals surface area contributed by atoms with Crippen molar-refractivity contribution in [1.82, 2.24) is 4.98 Å². The van der Waals surface area contributed by atoms with E-state index >= 15 is 0 Å². The molecule has 94 valence electrons. The fourth-order valence-electron chi connectivity index (χ4n) is 2.12. The number of aromatic nitrogens is 1. The Labute approximate surface area is 107 Å². The van der Waals surface area contributed by atoms with Gasteiger partial charge in [0.15, 0.2) is 0 Å². The van der Waals surface area contributed by atoms with Gasteiger partial charge in [0.25, 0.3) is 0 Å². The van der Waals surface area contributed by atoms with Crippen LogP contribution >= 0.6 is 0 Å². The van der Waals surface area contributed by atoms with E-state index in [-0.39, 0.29) is 5.97 Å². The first-order chi connectivity index (χ1) is 8.52. The highest BCUT2D eigenvalue weighted by Crippen LogP contribution is 2.24. The van der Waals surface area contributed by atoms with Crippen LogP contribution in [0.5, 0.6) is 0 Å². The molecule has 3 heteroatoms. The van der Waals surface area contributed by atoms with E-state index in [0.717, 1.165) is 22.2 Å². The summed E-state index contributed by atoms with van der Waals surface area (Å²) < 4.78 is 4.74. The molecule has 0 atom stereocenters. The quantitative estimate of drug-likeness (QED) is 0.761. The Kier molecular flexibility index (Phi) is 3.32. The van der Waals surface area contributed by atoms with Gasteiger partial charge in [0.2, 0.25) is 0 Å². The maximum Gasteiger partial charge on any atom is 0.310 e. The zero-order valence-corrected chi connectivity index (χ0v) is 11.2. The van der Waals surface area contributed by atoms with E-state index in [9.17, 15) is 4.79 Å². The van der Waals surface area contributed by atoms with Crippen molar-refractivity contribution in [3.8, 4) is 0 Å². The number of carbonyl (C=O) groups is 1. The van der Waals surface area contributed by atoms with Crippen LogP contribution in [0, 0.1) is 20.8 Å². The molecule has 0 aliphatic rings. The first-order valence-corrected chi connectivity index (χ1v) is 5.96. The number of nitrogens with zero attached hydrogens (tertiary/aromatic N) is 1. The first-order valence-electron chi connectivity index (χ1n) is 5.96. The van der Waals surface area contributed by atoms with Crippen molar-refractivity contribution in [1.29, 1.82) is 0 Å². The summed E-state index contributed by atoms with van der Waals surface area (Å²) in [5.74, 6) is -0.222. The number of rotatable bonds is 2. The number of esters is 1. The van der Waals surface area contributed by atoms with Crippen LogP contribution in [0.1, 0.15) is 22.4 Å². The van der Waals surface area contributed by atoms with Crippen molar-refractivity contribution >= 4 is 16.9 Å². The van der Waals surface area contributed by atoms with Crippen molar-refractivity contribution in [2.45, 2.75) is 27.2 Å². The second-order valence-corrected chi connectivity index (χ2v) is 4.58. The van der Waals surface area contributed by atoms with Crippen molar-refractivity contribution in [3.63, 3.8) is 0 Å². The van der Waals surface area contributed by atoms with Gasteiger partial charge in [-0.15, -0.1) is 0 Å². The lowest BCUT2D eigenvalue weighted by Crippen LogP contribution is -2.06. The van der Waals surface area contributed by atoms with Gasteiger partial charge in [0.1, 0.15) is 0 Å². The molecule has 1 heterocycles. The number of hydrogen-bond donors (Lipinski definition) is 0. The summed E-state index contributed by atoms with van der Waals surface area (Å²) in [6, 6.07) is 6.05. The van der Waals surface area contributed by atoms with Crippen LogP contribution < -0.4 is 0 Å². The predicted octanol–water partition coefficient (Wildman–Crippen LogP) is 2.88. The van der Waals surface area contributed by atoms with Crippen LogP contribution in [0.4, 0.5) is 0 Å². The SMILES string of the molecule is COC(=O)Cc1cc(C)nc2c(C)c(C)ccc12. The van der Waals surface area contributed by atoms with Crippen molar-refractivity contribution in [3.05, 3.63) is 40.6 Å². The molecule has 0 unspecified atom stereocenters. The molecule has 1 aromatic carbocycles. The lowest BCUT2D eigenvalue weighted by atomic mass is 9.99. The minimum Gasteiger partial charge on any atom is -0.469 e. The first kappa shape index (κ1) is 12.6. The third kappa shape index (κ3) is 2.21. The molecule has 0 amide bonds. The fraction of sp³-hybridized carbons (Fsp3) is 0.333. The number of methoxy groups -OCH3 is 1. The molecule has 0 saturated heterocycles. The Balaban J connectivity index is 2.66. The van der Waals surface area contributed by atoms with E-state index in [1.165, 1.54) is 18.2 Å². The maximum absolute atomic E-state index is 11.4. The lowest BCUT2D eigenvalue weighted by molar-refractivity contribution is -0.139. The van der Waals surface area contributed by atoms with Crippen LogP contribution in [0.15, 0.2) is 18.2 Å². The molecule has 0 aliphatic heterocycles. The minimum atomic E-state index is -0.222. The topological polar surface area (TPSA) is 39.2 Å². The van der Waals surface area contributed by atoms with Crippen LogP contribution in [0.2, 0.25) is 0 Å². The normalized spacial score (nSPS) is 10.7. The Morgan fingerprint density at radius 3 is 2.67 bits per heavy atom. The van der Waals surface area contributed by atoms with Gasteiger partial charge in [-0.05, 0) is 43.5 Å². The van der Waals surface area contributed by atoms with Gasteiger partial charge in [0, 0.05) is 11.1 Å². The average molecular weight is 243 g/mol. The number of pyridine rings is 1. The van der Waals surface area contributed by atoms with Gasteiger partial charge >= 0.3 is 5.97 Å². The van der Waals surface area contributed by atoms with Crippen molar-refractivity contribution in [2.24, 2.45) is 0 Å². The Morgan fingerprint density at radius 1 is 1.28 bits per heavy atom. The van der Waals surface area contributed by atoms with Gasteiger partial charge in [0.05, 0.1) is 19.0 Å². The molecule has 0 aliphatic carbocycles. The molecular weight excluding hydrogens is 226 g/mol. The van der Waals surface area contributed by atoms with Crippen LogP contribution in [0.25, 0.3) is 10.9 Å².